The van der Waals surface area contributed by atoms with Crippen LogP contribution >= 0.6 is 11.6 Å². The Bertz CT molecular complexity index is 758. The second-order valence-corrected chi connectivity index (χ2v) is 4.31. The Morgan fingerprint density at radius 3 is 2.76 bits per heavy atom. The number of halogens is 1. The molecule has 0 saturated heterocycles. The first-order chi connectivity index (χ1) is 10.2. The van der Waals surface area contributed by atoms with Crippen LogP contribution in [-0.2, 0) is 0 Å². The third-order valence-corrected chi connectivity index (χ3v) is 2.68. The van der Waals surface area contributed by atoms with Crippen molar-refractivity contribution in [1.82, 2.24) is 29.7 Å². The number of aromatic nitrogens is 6. The summed E-state index contributed by atoms with van der Waals surface area (Å²) in [6.45, 7) is 0. The first-order valence-corrected chi connectivity index (χ1v) is 6.20. The molecule has 104 valence electrons. The smallest absolute Gasteiger partial charge is 0.275 e. The number of carbonyl (C=O) groups is 1. The Labute approximate surface area is 123 Å². The van der Waals surface area contributed by atoms with Crippen molar-refractivity contribution in [2.75, 3.05) is 5.32 Å². The molecule has 0 aromatic carbocycles. The zero-order valence-electron chi connectivity index (χ0n) is 10.5. The van der Waals surface area contributed by atoms with E-state index in [1.54, 1.807) is 12.1 Å². The highest BCUT2D eigenvalue weighted by Crippen LogP contribution is 2.10. The van der Waals surface area contributed by atoms with Gasteiger partial charge in [0, 0.05) is 0 Å². The summed E-state index contributed by atoms with van der Waals surface area (Å²) in [4.78, 5) is 27.6. The number of amides is 1. The van der Waals surface area contributed by atoms with E-state index in [9.17, 15) is 4.79 Å². The SMILES string of the molecule is O=C(Nc1ccc(-n2cncn2)nc1)c1cncc(Cl)n1. The predicted molar refractivity (Wildman–Crippen MR) is 74.1 cm³/mol. The molecule has 3 aromatic heterocycles. The summed E-state index contributed by atoms with van der Waals surface area (Å²) in [5.41, 5.74) is 0.647. The van der Waals surface area contributed by atoms with Crippen LogP contribution in [0.5, 0.6) is 0 Å². The van der Waals surface area contributed by atoms with Crippen molar-refractivity contribution in [3.63, 3.8) is 0 Å². The number of rotatable bonds is 3. The van der Waals surface area contributed by atoms with Gasteiger partial charge in [0.15, 0.2) is 5.82 Å². The molecule has 9 heteroatoms. The van der Waals surface area contributed by atoms with E-state index in [-0.39, 0.29) is 10.8 Å². The molecule has 0 fully saturated rings. The van der Waals surface area contributed by atoms with Crippen molar-refractivity contribution in [2.45, 2.75) is 0 Å². The van der Waals surface area contributed by atoms with Gasteiger partial charge in [-0.1, -0.05) is 11.6 Å². The Balaban J connectivity index is 1.75. The maximum atomic E-state index is 12.0. The fourth-order valence-electron chi connectivity index (χ4n) is 1.57. The van der Waals surface area contributed by atoms with Crippen molar-refractivity contribution in [3.8, 4) is 5.82 Å². The summed E-state index contributed by atoms with van der Waals surface area (Å²) in [7, 11) is 0. The number of carbonyl (C=O) groups excluding carboxylic acids is 1. The van der Waals surface area contributed by atoms with Crippen LogP contribution in [0.1, 0.15) is 10.5 Å². The van der Waals surface area contributed by atoms with Crippen LogP contribution in [0.3, 0.4) is 0 Å². The molecule has 3 rings (SSSR count). The molecule has 0 aliphatic heterocycles. The van der Waals surface area contributed by atoms with Crippen molar-refractivity contribution in [3.05, 3.63) is 54.2 Å². The lowest BCUT2D eigenvalue weighted by atomic mass is 10.3. The van der Waals surface area contributed by atoms with Crippen LogP contribution in [0.15, 0.2) is 43.4 Å². The molecule has 0 aliphatic rings. The molecule has 3 heterocycles. The van der Waals surface area contributed by atoms with Gasteiger partial charge in [0.05, 0.1) is 24.3 Å². The highest BCUT2D eigenvalue weighted by atomic mass is 35.5. The Morgan fingerprint density at radius 1 is 1.19 bits per heavy atom. The minimum atomic E-state index is -0.416. The molecule has 1 N–H and O–H groups in total. The highest BCUT2D eigenvalue weighted by molar-refractivity contribution is 6.29. The molecule has 0 radical (unpaired) electrons. The average Bonchev–Trinajstić information content (AvgIpc) is 3.02. The van der Waals surface area contributed by atoms with Crippen LogP contribution in [0.4, 0.5) is 5.69 Å². The van der Waals surface area contributed by atoms with Gasteiger partial charge < -0.3 is 5.32 Å². The Hall–Kier alpha value is -2.87. The maximum absolute atomic E-state index is 12.0. The van der Waals surface area contributed by atoms with E-state index in [0.717, 1.165) is 0 Å². The van der Waals surface area contributed by atoms with Crippen LogP contribution in [-0.4, -0.2) is 35.6 Å². The fourth-order valence-corrected chi connectivity index (χ4v) is 1.72. The molecule has 0 atom stereocenters. The van der Waals surface area contributed by atoms with Crippen LogP contribution in [0, 0.1) is 0 Å². The zero-order valence-corrected chi connectivity index (χ0v) is 11.3. The number of anilines is 1. The van der Waals surface area contributed by atoms with Crippen molar-refractivity contribution in [1.29, 1.82) is 0 Å². The van der Waals surface area contributed by atoms with Gasteiger partial charge in [0.1, 0.15) is 23.5 Å². The van der Waals surface area contributed by atoms with Crippen LogP contribution < -0.4 is 5.32 Å². The monoisotopic (exact) mass is 301 g/mol. The normalized spacial score (nSPS) is 10.3. The second-order valence-electron chi connectivity index (χ2n) is 3.93. The molecule has 0 saturated carbocycles. The zero-order chi connectivity index (χ0) is 14.7. The summed E-state index contributed by atoms with van der Waals surface area (Å²) in [5, 5.41) is 6.76. The third kappa shape index (κ3) is 3.00. The van der Waals surface area contributed by atoms with E-state index in [1.807, 2.05) is 0 Å². The van der Waals surface area contributed by atoms with E-state index >= 15 is 0 Å². The second kappa shape index (κ2) is 5.63. The third-order valence-electron chi connectivity index (χ3n) is 2.50. The van der Waals surface area contributed by atoms with Gasteiger partial charge in [-0.15, -0.1) is 0 Å². The van der Waals surface area contributed by atoms with Crippen molar-refractivity contribution >= 4 is 23.2 Å². The lowest BCUT2D eigenvalue weighted by Gasteiger charge is -2.05. The maximum Gasteiger partial charge on any atom is 0.275 e. The average molecular weight is 302 g/mol. The first-order valence-electron chi connectivity index (χ1n) is 5.82. The summed E-state index contributed by atoms with van der Waals surface area (Å²) < 4.78 is 1.51. The van der Waals surface area contributed by atoms with Crippen molar-refractivity contribution < 1.29 is 4.79 Å². The summed E-state index contributed by atoms with van der Waals surface area (Å²) in [6.07, 6.45) is 7.13. The van der Waals surface area contributed by atoms with Gasteiger partial charge in [-0.3, -0.25) is 9.78 Å². The largest absolute Gasteiger partial charge is 0.319 e. The van der Waals surface area contributed by atoms with E-state index in [0.29, 0.717) is 11.5 Å². The Morgan fingerprint density at radius 2 is 2.10 bits per heavy atom. The number of nitrogens with zero attached hydrogens (tertiary/aromatic N) is 6. The predicted octanol–water partition coefficient (Wildman–Crippen LogP) is 1.36. The first kappa shape index (κ1) is 13.1. The molecule has 1 amide bonds. The molecular weight excluding hydrogens is 294 g/mol. The van der Waals surface area contributed by atoms with E-state index in [4.69, 9.17) is 11.6 Å². The van der Waals surface area contributed by atoms with Crippen LogP contribution in [0.2, 0.25) is 5.15 Å². The van der Waals surface area contributed by atoms with Gasteiger partial charge in [0.2, 0.25) is 0 Å². The van der Waals surface area contributed by atoms with Gasteiger partial charge >= 0.3 is 0 Å². The van der Waals surface area contributed by atoms with Gasteiger partial charge in [-0.2, -0.15) is 5.10 Å². The van der Waals surface area contributed by atoms with Gasteiger partial charge in [0.25, 0.3) is 5.91 Å². The molecule has 3 aromatic rings. The number of hydrogen-bond donors (Lipinski definition) is 1. The van der Waals surface area contributed by atoms with Crippen molar-refractivity contribution in [2.24, 2.45) is 0 Å². The summed E-state index contributed by atoms with van der Waals surface area (Å²) in [6, 6.07) is 3.40. The lowest BCUT2D eigenvalue weighted by molar-refractivity contribution is 0.102. The topological polar surface area (TPSA) is 98.5 Å². The number of pyridine rings is 1. The highest BCUT2D eigenvalue weighted by Gasteiger charge is 2.09. The van der Waals surface area contributed by atoms with E-state index in [2.05, 4.69) is 30.4 Å². The molecule has 0 aliphatic carbocycles. The Kier molecular flexibility index (Phi) is 3.52. The number of hydrogen-bond acceptors (Lipinski definition) is 6. The molecule has 0 bridgehead atoms. The minimum Gasteiger partial charge on any atom is -0.319 e. The quantitative estimate of drug-likeness (QED) is 0.784. The molecule has 0 unspecified atom stereocenters. The molecule has 21 heavy (non-hydrogen) atoms. The standard InChI is InChI=1S/C12H8ClN7O/c13-10-5-14-4-9(19-10)12(21)18-8-1-2-11(16-3-8)20-7-15-6-17-20/h1-7H,(H,18,21). The lowest BCUT2D eigenvalue weighted by Crippen LogP contribution is -2.14. The van der Waals surface area contributed by atoms with Gasteiger partial charge in [-0.25, -0.2) is 19.6 Å². The number of nitrogens with one attached hydrogen (secondary N) is 1. The molecule has 0 spiro atoms. The molecular formula is C12H8ClN7O. The van der Waals surface area contributed by atoms with E-state index < -0.39 is 5.91 Å². The minimum absolute atomic E-state index is 0.128. The van der Waals surface area contributed by atoms with Crippen LogP contribution in [0.25, 0.3) is 5.82 Å². The van der Waals surface area contributed by atoms with E-state index in [1.165, 1.54) is 35.9 Å². The molecule has 8 nitrogen and oxygen atoms in total. The fraction of sp³-hybridized carbons (Fsp3) is 0. The summed E-state index contributed by atoms with van der Waals surface area (Å²) in [5.74, 6) is 0.174. The van der Waals surface area contributed by atoms with Gasteiger partial charge in [-0.05, 0) is 12.1 Å². The summed E-state index contributed by atoms with van der Waals surface area (Å²) >= 11 is 5.69.